The van der Waals surface area contributed by atoms with E-state index in [0.717, 1.165) is 105 Å². The fourth-order valence-electron chi connectivity index (χ4n) is 8.43. The van der Waals surface area contributed by atoms with Crippen molar-refractivity contribution in [3.05, 3.63) is 69.8 Å². The molecule has 0 radical (unpaired) electrons. The zero-order valence-corrected chi connectivity index (χ0v) is 34.3. The molecule has 4 aliphatic rings. The van der Waals surface area contributed by atoms with Crippen LogP contribution in [-0.2, 0) is 53.0 Å². The number of rotatable bonds is 10. The number of hydrogen-bond acceptors (Lipinski definition) is 9. The van der Waals surface area contributed by atoms with Gasteiger partial charge >= 0.3 is 5.97 Å². The molecule has 2 spiro atoms. The molecular weight excluding hydrogens is 713 g/mol. The Hall–Kier alpha value is -4.07. The Bertz CT molecular complexity index is 1850. The first-order valence-electron chi connectivity index (χ1n) is 20.4. The molecule has 0 saturated carbocycles. The predicted molar refractivity (Wildman–Crippen MR) is 212 cm³/mol. The first-order valence-corrected chi connectivity index (χ1v) is 20.4. The van der Waals surface area contributed by atoms with Crippen molar-refractivity contribution in [1.82, 2.24) is 30.2 Å². The summed E-state index contributed by atoms with van der Waals surface area (Å²) in [7, 11) is 0. The zero-order chi connectivity index (χ0) is 40.1. The Balaban J connectivity index is 0.000000198. The number of amides is 2. The normalized spacial score (nSPS) is 19.1. The lowest BCUT2D eigenvalue weighted by molar-refractivity contribution is 0.0145. The van der Waals surface area contributed by atoms with Crippen LogP contribution in [0.15, 0.2) is 30.3 Å². The molecule has 306 valence electrons. The van der Waals surface area contributed by atoms with E-state index in [1.165, 1.54) is 0 Å². The molecule has 2 fully saturated rings. The molecule has 13 heteroatoms. The monoisotopic (exact) mass is 774 g/mol. The van der Waals surface area contributed by atoms with Crippen LogP contribution in [0.3, 0.4) is 0 Å². The lowest BCUT2D eigenvalue weighted by Gasteiger charge is -2.36. The third-order valence-corrected chi connectivity index (χ3v) is 12.0. The molecule has 0 unspecified atom stereocenters. The maximum absolute atomic E-state index is 13.0. The van der Waals surface area contributed by atoms with Gasteiger partial charge in [-0.3, -0.25) is 19.0 Å². The summed E-state index contributed by atoms with van der Waals surface area (Å²) < 4.78 is 20.7. The molecule has 3 aromatic rings. The van der Waals surface area contributed by atoms with Gasteiger partial charge in [0.25, 0.3) is 11.8 Å². The maximum atomic E-state index is 13.0. The molecule has 3 N–H and O–H groups in total. The topological polar surface area (TPSA) is 159 Å². The highest BCUT2D eigenvalue weighted by Gasteiger charge is 2.42. The van der Waals surface area contributed by atoms with Gasteiger partial charge < -0.3 is 30.0 Å². The van der Waals surface area contributed by atoms with Gasteiger partial charge in [0.1, 0.15) is 0 Å². The van der Waals surface area contributed by atoms with Gasteiger partial charge in [-0.2, -0.15) is 10.2 Å². The summed E-state index contributed by atoms with van der Waals surface area (Å²) in [6.45, 7) is 18.1. The lowest BCUT2D eigenvalue weighted by atomic mass is 9.76. The van der Waals surface area contributed by atoms with Crippen LogP contribution in [-0.4, -0.2) is 95.2 Å². The van der Waals surface area contributed by atoms with Crippen molar-refractivity contribution in [3.63, 3.8) is 0 Å². The van der Waals surface area contributed by atoms with Crippen LogP contribution in [0.1, 0.15) is 121 Å². The number of aromatic nitrogens is 4. The minimum absolute atomic E-state index is 0.00160. The molecule has 13 nitrogen and oxygen atoms in total. The Morgan fingerprint density at radius 1 is 0.768 bits per heavy atom. The standard InChI is InChI=1S/C25H33N3O4.C18H29N3O3/c1-4-19-21-20(14-25(15-26-22(21)29)10-12-31-13-11-25)28(27-19)16-24(2,3)17-32-23(30)18-8-6-5-7-9-18;1-4-13-15-14(21(20-13)11-17(2,3)12-22)9-18(10-19-16(15)23)5-7-24-8-6-18/h5-9H,4,10-17H2,1-3H3,(H,26,29);22H,4-12H2,1-3H3,(H,19,23). The highest BCUT2D eigenvalue weighted by Crippen LogP contribution is 2.39. The Kier molecular flexibility index (Phi) is 12.8. The molecule has 7 rings (SSSR count). The van der Waals surface area contributed by atoms with Crippen LogP contribution < -0.4 is 10.6 Å². The van der Waals surface area contributed by atoms with Gasteiger partial charge in [-0.1, -0.05) is 59.7 Å². The van der Waals surface area contributed by atoms with Crippen LogP contribution in [0, 0.1) is 21.7 Å². The quantitative estimate of drug-likeness (QED) is 0.242. The van der Waals surface area contributed by atoms with E-state index in [1.807, 2.05) is 55.3 Å². The smallest absolute Gasteiger partial charge is 0.338 e. The summed E-state index contributed by atoms with van der Waals surface area (Å²) in [5.74, 6) is -0.356. The second kappa shape index (κ2) is 17.2. The Morgan fingerprint density at radius 3 is 1.64 bits per heavy atom. The number of aliphatic hydroxyl groups is 1. The Morgan fingerprint density at radius 2 is 1.21 bits per heavy atom. The second-order valence-corrected chi connectivity index (χ2v) is 17.9. The molecular formula is C43H62N6O7. The molecule has 1 aromatic carbocycles. The first-order chi connectivity index (χ1) is 26.7. The second-order valence-electron chi connectivity index (χ2n) is 17.9. The highest BCUT2D eigenvalue weighted by molar-refractivity contribution is 5.97. The summed E-state index contributed by atoms with van der Waals surface area (Å²) in [6, 6.07) is 9.02. The van der Waals surface area contributed by atoms with Crippen molar-refractivity contribution in [1.29, 1.82) is 0 Å². The number of carbonyl (C=O) groups excluding carboxylic acids is 3. The minimum atomic E-state index is -0.346. The van der Waals surface area contributed by atoms with Crippen LogP contribution in [0.25, 0.3) is 0 Å². The van der Waals surface area contributed by atoms with E-state index in [9.17, 15) is 19.5 Å². The van der Waals surface area contributed by atoms with Crippen molar-refractivity contribution in [2.45, 2.75) is 106 Å². The largest absolute Gasteiger partial charge is 0.461 e. The third-order valence-electron chi connectivity index (χ3n) is 12.0. The third kappa shape index (κ3) is 9.37. The van der Waals surface area contributed by atoms with Gasteiger partial charge in [-0.25, -0.2) is 4.79 Å². The number of fused-ring (bicyclic) bond motifs is 2. The number of ether oxygens (including phenoxy) is 3. The van der Waals surface area contributed by atoms with Crippen molar-refractivity contribution >= 4 is 17.8 Å². The van der Waals surface area contributed by atoms with Crippen LogP contribution >= 0.6 is 0 Å². The summed E-state index contributed by atoms with van der Waals surface area (Å²) in [5.41, 5.74) is 5.21. The molecule has 6 heterocycles. The van der Waals surface area contributed by atoms with Crippen LogP contribution in [0.4, 0.5) is 0 Å². The molecule has 56 heavy (non-hydrogen) atoms. The van der Waals surface area contributed by atoms with Crippen molar-refractivity contribution in [3.8, 4) is 0 Å². The van der Waals surface area contributed by atoms with E-state index in [-0.39, 0.29) is 52.7 Å². The number of benzene rings is 1. The van der Waals surface area contributed by atoms with Gasteiger partial charge in [0.05, 0.1) is 46.1 Å². The molecule has 4 aliphatic heterocycles. The van der Waals surface area contributed by atoms with Crippen molar-refractivity contribution in [2.24, 2.45) is 21.7 Å². The van der Waals surface area contributed by atoms with E-state index in [4.69, 9.17) is 24.4 Å². The summed E-state index contributed by atoms with van der Waals surface area (Å²) in [4.78, 5) is 38.1. The molecule has 0 aliphatic carbocycles. The summed E-state index contributed by atoms with van der Waals surface area (Å²) >= 11 is 0. The SMILES string of the molecule is CCc1nn(CC(C)(C)CO)c2c1C(=O)NCC1(CCOCC1)C2.CCc1nn(CC(C)(C)COC(=O)c2ccccc2)c2c1C(=O)NCC1(CCOCC1)C2. The van der Waals surface area contributed by atoms with Gasteiger partial charge in [0, 0.05) is 70.0 Å². The van der Waals surface area contributed by atoms with Crippen molar-refractivity contribution in [2.75, 3.05) is 52.7 Å². The number of aliphatic hydroxyl groups excluding tert-OH is 1. The predicted octanol–water partition coefficient (Wildman–Crippen LogP) is 4.96. The minimum Gasteiger partial charge on any atom is -0.461 e. The highest BCUT2D eigenvalue weighted by atomic mass is 16.5. The van der Waals surface area contributed by atoms with Gasteiger partial charge in [-0.05, 0) is 74.3 Å². The van der Waals surface area contributed by atoms with Crippen LogP contribution in [0.2, 0.25) is 0 Å². The van der Waals surface area contributed by atoms with Gasteiger partial charge in [-0.15, -0.1) is 0 Å². The Labute approximate surface area is 331 Å². The fraction of sp³-hybridized carbons (Fsp3) is 0.651. The van der Waals surface area contributed by atoms with E-state index in [1.54, 1.807) is 12.1 Å². The van der Waals surface area contributed by atoms with E-state index in [2.05, 4.69) is 24.5 Å². The first kappa shape index (κ1) is 41.6. The number of esters is 1. The molecule has 2 saturated heterocycles. The summed E-state index contributed by atoms with van der Waals surface area (Å²) in [5, 5.41) is 25.5. The number of carbonyl (C=O) groups is 3. The van der Waals surface area contributed by atoms with E-state index < -0.39 is 0 Å². The average molecular weight is 775 g/mol. The average Bonchev–Trinajstić information content (AvgIpc) is 3.61. The van der Waals surface area contributed by atoms with Gasteiger partial charge in [0.15, 0.2) is 0 Å². The lowest BCUT2D eigenvalue weighted by Crippen LogP contribution is -2.41. The zero-order valence-electron chi connectivity index (χ0n) is 34.3. The summed E-state index contributed by atoms with van der Waals surface area (Å²) in [6.07, 6.45) is 6.86. The van der Waals surface area contributed by atoms with Crippen LogP contribution in [0.5, 0.6) is 0 Å². The molecule has 2 amide bonds. The number of hydrogen-bond donors (Lipinski definition) is 3. The van der Waals surface area contributed by atoms with Gasteiger partial charge in [0.2, 0.25) is 0 Å². The molecule has 0 atom stereocenters. The van der Waals surface area contributed by atoms with E-state index in [0.29, 0.717) is 38.2 Å². The number of aryl methyl sites for hydroxylation is 2. The maximum Gasteiger partial charge on any atom is 0.338 e. The van der Waals surface area contributed by atoms with Crippen molar-refractivity contribution < 1.29 is 33.7 Å². The van der Waals surface area contributed by atoms with E-state index >= 15 is 0 Å². The molecule has 0 bridgehead atoms. The molecule has 2 aromatic heterocycles. The number of nitrogens with one attached hydrogen (secondary N) is 2. The number of nitrogens with zero attached hydrogens (tertiary/aromatic N) is 4. The fourth-order valence-corrected chi connectivity index (χ4v) is 8.43.